The first-order valence-corrected chi connectivity index (χ1v) is 8.97. The van der Waals surface area contributed by atoms with Crippen LogP contribution in [0.2, 0.25) is 0 Å². The van der Waals surface area contributed by atoms with Gasteiger partial charge in [0.05, 0.1) is 2.88 Å². The summed E-state index contributed by atoms with van der Waals surface area (Å²) in [6.07, 6.45) is 11.0. The van der Waals surface area contributed by atoms with Crippen LogP contribution in [0.25, 0.3) is 0 Å². The SMILES string of the molecule is CCCCCCCCCCC(=O)c1csc(I)c1. The molecule has 0 spiro atoms. The van der Waals surface area contributed by atoms with Crippen LogP contribution in [-0.2, 0) is 0 Å². The summed E-state index contributed by atoms with van der Waals surface area (Å²) in [4.78, 5) is 11.8. The Morgan fingerprint density at radius 2 is 1.72 bits per heavy atom. The fourth-order valence-electron chi connectivity index (χ4n) is 2.02. The lowest BCUT2D eigenvalue weighted by atomic mass is 10.0. The van der Waals surface area contributed by atoms with E-state index in [1.165, 1.54) is 47.8 Å². The molecule has 0 radical (unpaired) electrons. The van der Waals surface area contributed by atoms with E-state index in [4.69, 9.17) is 0 Å². The minimum Gasteiger partial charge on any atom is -0.294 e. The Morgan fingerprint density at radius 1 is 1.11 bits per heavy atom. The van der Waals surface area contributed by atoms with Crippen LogP contribution in [-0.4, -0.2) is 5.78 Å². The number of Topliss-reactive ketones (excluding diaryl/α,β-unsaturated/α-hetero) is 1. The third-order valence-electron chi connectivity index (χ3n) is 3.15. The van der Waals surface area contributed by atoms with Crippen molar-refractivity contribution in [2.75, 3.05) is 0 Å². The van der Waals surface area contributed by atoms with E-state index in [0.717, 1.165) is 18.4 Å². The quantitative estimate of drug-likeness (QED) is 0.275. The zero-order chi connectivity index (χ0) is 13.2. The van der Waals surface area contributed by atoms with Gasteiger partial charge in [0.1, 0.15) is 0 Å². The topological polar surface area (TPSA) is 17.1 Å². The van der Waals surface area contributed by atoms with E-state index in [1.54, 1.807) is 11.3 Å². The molecule has 0 aliphatic heterocycles. The Morgan fingerprint density at radius 3 is 2.28 bits per heavy atom. The first kappa shape index (κ1) is 16.2. The van der Waals surface area contributed by atoms with E-state index >= 15 is 0 Å². The zero-order valence-corrected chi connectivity index (χ0v) is 14.2. The Labute approximate surface area is 129 Å². The van der Waals surface area contributed by atoms with Gasteiger partial charge in [-0.3, -0.25) is 4.79 Å². The first-order valence-electron chi connectivity index (χ1n) is 7.01. The van der Waals surface area contributed by atoms with Crippen molar-refractivity contribution in [2.45, 2.75) is 64.7 Å². The highest BCUT2D eigenvalue weighted by Crippen LogP contribution is 2.19. The van der Waals surface area contributed by atoms with Gasteiger partial charge in [-0.25, -0.2) is 0 Å². The summed E-state index contributed by atoms with van der Waals surface area (Å²) in [5.74, 6) is 0.320. The normalized spacial score (nSPS) is 10.8. The van der Waals surface area contributed by atoms with E-state index in [9.17, 15) is 4.79 Å². The number of carbonyl (C=O) groups is 1. The molecule has 0 bridgehead atoms. The number of hydrogen-bond donors (Lipinski definition) is 0. The molecule has 0 aromatic carbocycles. The molecule has 0 fully saturated rings. The molecular formula is C15H23IOS. The van der Waals surface area contributed by atoms with Gasteiger partial charge in [0.15, 0.2) is 5.78 Å². The number of ketones is 1. The monoisotopic (exact) mass is 378 g/mol. The highest BCUT2D eigenvalue weighted by atomic mass is 127. The third-order valence-corrected chi connectivity index (χ3v) is 4.94. The number of unbranched alkanes of at least 4 members (excludes halogenated alkanes) is 7. The maximum Gasteiger partial charge on any atom is 0.163 e. The molecule has 3 heteroatoms. The molecule has 0 atom stereocenters. The average Bonchev–Trinajstić information content (AvgIpc) is 2.79. The molecule has 1 nitrogen and oxygen atoms in total. The van der Waals surface area contributed by atoms with Crippen LogP contribution in [0.15, 0.2) is 11.4 Å². The summed E-state index contributed by atoms with van der Waals surface area (Å²) in [7, 11) is 0. The average molecular weight is 378 g/mol. The third kappa shape index (κ3) is 6.88. The van der Waals surface area contributed by atoms with Crippen LogP contribution in [0.4, 0.5) is 0 Å². The lowest BCUT2D eigenvalue weighted by molar-refractivity contribution is 0.0979. The second kappa shape index (κ2) is 9.96. The first-order chi connectivity index (χ1) is 8.74. The molecule has 1 rings (SSSR count). The van der Waals surface area contributed by atoms with Crippen LogP contribution >= 0.6 is 33.9 Å². The number of hydrogen-bond acceptors (Lipinski definition) is 2. The van der Waals surface area contributed by atoms with Gasteiger partial charge < -0.3 is 0 Å². The molecule has 0 unspecified atom stereocenters. The van der Waals surface area contributed by atoms with E-state index in [1.807, 2.05) is 11.4 Å². The minimum atomic E-state index is 0.320. The molecule has 0 amide bonds. The lowest BCUT2D eigenvalue weighted by Gasteiger charge is -2.01. The van der Waals surface area contributed by atoms with Gasteiger partial charge in [0.25, 0.3) is 0 Å². The van der Waals surface area contributed by atoms with Crippen molar-refractivity contribution in [3.63, 3.8) is 0 Å². The smallest absolute Gasteiger partial charge is 0.163 e. The highest BCUT2D eigenvalue weighted by molar-refractivity contribution is 14.1. The van der Waals surface area contributed by atoms with Gasteiger partial charge in [0, 0.05) is 17.4 Å². The van der Waals surface area contributed by atoms with Crippen molar-refractivity contribution < 1.29 is 4.79 Å². The van der Waals surface area contributed by atoms with E-state index in [-0.39, 0.29) is 0 Å². The Bertz CT molecular complexity index is 346. The van der Waals surface area contributed by atoms with Crippen molar-refractivity contribution in [3.8, 4) is 0 Å². The fourth-order valence-corrected chi connectivity index (χ4v) is 3.37. The molecule has 102 valence electrons. The summed E-state index contributed by atoms with van der Waals surface area (Å²) in [5, 5.41) is 1.98. The molecule has 0 saturated carbocycles. The number of carbonyl (C=O) groups excluding carboxylic acids is 1. The van der Waals surface area contributed by atoms with Gasteiger partial charge in [-0.2, -0.15) is 0 Å². The fraction of sp³-hybridized carbons (Fsp3) is 0.667. The summed E-state index contributed by atoms with van der Waals surface area (Å²) >= 11 is 3.92. The van der Waals surface area contributed by atoms with Crippen LogP contribution in [0, 0.1) is 2.88 Å². The van der Waals surface area contributed by atoms with E-state index in [2.05, 4.69) is 29.5 Å². The van der Waals surface area contributed by atoms with Crippen LogP contribution in [0.1, 0.15) is 75.1 Å². The largest absolute Gasteiger partial charge is 0.294 e. The van der Waals surface area contributed by atoms with Crippen molar-refractivity contribution in [1.29, 1.82) is 0 Å². The summed E-state index contributed by atoms with van der Waals surface area (Å²) in [6.45, 7) is 2.25. The van der Waals surface area contributed by atoms with Crippen LogP contribution in [0.3, 0.4) is 0 Å². The van der Waals surface area contributed by atoms with E-state index < -0.39 is 0 Å². The van der Waals surface area contributed by atoms with Gasteiger partial charge in [-0.15, -0.1) is 11.3 Å². The van der Waals surface area contributed by atoms with Crippen molar-refractivity contribution in [2.24, 2.45) is 0 Å². The van der Waals surface area contributed by atoms with Crippen LogP contribution < -0.4 is 0 Å². The predicted molar refractivity (Wildman–Crippen MR) is 88.6 cm³/mol. The zero-order valence-electron chi connectivity index (χ0n) is 11.2. The highest BCUT2D eigenvalue weighted by Gasteiger charge is 2.07. The Balaban J connectivity index is 1.99. The standard InChI is InChI=1S/C15H23IOS/c1-2-3-4-5-6-7-8-9-10-14(17)13-11-15(16)18-12-13/h11-12H,2-10H2,1H3. The molecule has 1 aromatic rings. The van der Waals surface area contributed by atoms with Crippen molar-refractivity contribution in [1.82, 2.24) is 0 Å². The second-order valence-corrected chi connectivity index (χ2v) is 7.59. The van der Waals surface area contributed by atoms with Crippen molar-refractivity contribution in [3.05, 3.63) is 19.9 Å². The molecule has 1 heterocycles. The Kier molecular flexibility index (Phi) is 8.94. The van der Waals surface area contributed by atoms with Gasteiger partial charge in [-0.05, 0) is 35.1 Å². The summed E-state index contributed by atoms with van der Waals surface area (Å²) < 4.78 is 1.20. The van der Waals surface area contributed by atoms with Crippen LogP contribution in [0.5, 0.6) is 0 Å². The molecule has 0 saturated heterocycles. The summed E-state index contributed by atoms with van der Waals surface area (Å²) in [5.41, 5.74) is 0.910. The maximum absolute atomic E-state index is 11.8. The molecule has 0 aliphatic rings. The van der Waals surface area contributed by atoms with Gasteiger partial charge in [-0.1, -0.05) is 51.9 Å². The predicted octanol–water partition coefficient (Wildman–Crippen LogP) is 6.07. The lowest BCUT2D eigenvalue weighted by Crippen LogP contribution is -1.96. The molecular weight excluding hydrogens is 355 g/mol. The number of halogens is 1. The maximum atomic E-state index is 11.8. The second-order valence-electron chi connectivity index (χ2n) is 4.79. The number of thiophene rings is 1. The molecule has 1 aromatic heterocycles. The van der Waals surface area contributed by atoms with E-state index in [0.29, 0.717) is 5.78 Å². The molecule has 18 heavy (non-hydrogen) atoms. The minimum absolute atomic E-state index is 0.320. The van der Waals surface area contributed by atoms with Gasteiger partial charge >= 0.3 is 0 Å². The molecule has 0 aliphatic carbocycles. The Hall–Kier alpha value is 0.1000. The van der Waals surface area contributed by atoms with Gasteiger partial charge in [0.2, 0.25) is 0 Å². The van der Waals surface area contributed by atoms with Crippen molar-refractivity contribution >= 4 is 39.7 Å². The molecule has 0 N–H and O–H groups in total. The summed E-state index contributed by atoms with van der Waals surface area (Å²) in [6, 6.07) is 2.00. The number of rotatable bonds is 10.